The Labute approximate surface area is 126 Å². The molecule has 1 amide bonds. The van der Waals surface area contributed by atoms with Gasteiger partial charge in [-0.15, -0.1) is 0 Å². The first-order valence-electron chi connectivity index (χ1n) is 8.11. The minimum absolute atomic E-state index is 0.0960. The number of hydrogen-bond acceptors (Lipinski definition) is 4. The van der Waals surface area contributed by atoms with E-state index in [1.54, 1.807) is 6.07 Å². The molecule has 1 saturated heterocycles. The number of nitrogens with one attached hydrogen (secondary N) is 1. The third-order valence-electron chi connectivity index (χ3n) is 4.37. The Morgan fingerprint density at radius 3 is 3.00 bits per heavy atom. The Bertz CT molecular complexity index is 493. The normalized spacial score (nSPS) is 22.9. The van der Waals surface area contributed by atoms with Crippen molar-refractivity contribution in [2.75, 3.05) is 19.6 Å². The zero-order chi connectivity index (χ0) is 14.8. The van der Waals surface area contributed by atoms with Crippen molar-refractivity contribution in [2.24, 2.45) is 5.92 Å². The van der Waals surface area contributed by atoms with Crippen LogP contribution in [0.25, 0.3) is 0 Å². The van der Waals surface area contributed by atoms with Crippen molar-refractivity contribution in [2.45, 2.75) is 51.5 Å². The molecule has 1 aromatic heterocycles. The van der Waals surface area contributed by atoms with Crippen LogP contribution >= 0.6 is 0 Å². The maximum atomic E-state index is 12.2. The second-order valence-electron chi connectivity index (χ2n) is 6.83. The molecule has 0 aromatic carbocycles. The van der Waals surface area contributed by atoms with Gasteiger partial charge in [-0.1, -0.05) is 19.0 Å². The summed E-state index contributed by atoms with van der Waals surface area (Å²) < 4.78 is 5.24. The van der Waals surface area contributed by atoms with Crippen molar-refractivity contribution >= 4 is 5.91 Å². The van der Waals surface area contributed by atoms with Gasteiger partial charge in [-0.3, -0.25) is 4.79 Å². The van der Waals surface area contributed by atoms with E-state index in [9.17, 15) is 4.79 Å². The van der Waals surface area contributed by atoms with Crippen LogP contribution in [-0.2, 0) is 0 Å². The van der Waals surface area contributed by atoms with E-state index in [-0.39, 0.29) is 11.9 Å². The van der Waals surface area contributed by atoms with Gasteiger partial charge < -0.3 is 14.7 Å². The summed E-state index contributed by atoms with van der Waals surface area (Å²) in [6.45, 7) is 7.64. The number of carbonyl (C=O) groups is 1. The van der Waals surface area contributed by atoms with Gasteiger partial charge in [0.25, 0.3) is 5.91 Å². The molecule has 1 aliphatic carbocycles. The van der Waals surface area contributed by atoms with Crippen LogP contribution in [0.2, 0.25) is 0 Å². The second-order valence-corrected chi connectivity index (χ2v) is 6.83. The summed E-state index contributed by atoms with van der Waals surface area (Å²) in [5.41, 5.74) is 0.428. The van der Waals surface area contributed by atoms with Gasteiger partial charge in [-0.05, 0) is 38.1 Å². The molecule has 1 aliphatic heterocycles. The first-order chi connectivity index (χ1) is 10.1. The smallest absolute Gasteiger partial charge is 0.273 e. The van der Waals surface area contributed by atoms with Gasteiger partial charge in [-0.2, -0.15) is 0 Å². The number of likely N-dealkylation sites (tertiary alicyclic amines) is 1. The average Bonchev–Trinajstić information content (AvgIpc) is 3.01. The van der Waals surface area contributed by atoms with Crippen LogP contribution in [0.15, 0.2) is 10.6 Å². The summed E-state index contributed by atoms with van der Waals surface area (Å²) in [7, 11) is 0. The lowest BCUT2D eigenvalue weighted by Crippen LogP contribution is -2.37. The van der Waals surface area contributed by atoms with E-state index < -0.39 is 0 Å². The third kappa shape index (κ3) is 3.84. The molecule has 0 spiro atoms. The highest BCUT2D eigenvalue weighted by Crippen LogP contribution is 2.40. The summed E-state index contributed by atoms with van der Waals surface area (Å²) in [5.74, 6) is 2.00. The van der Waals surface area contributed by atoms with Gasteiger partial charge in [0, 0.05) is 31.1 Å². The molecule has 2 aliphatic rings. The van der Waals surface area contributed by atoms with Crippen LogP contribution in [0.3, 0.4) is 0 Å². The number of hydrogen-bond donors (Lipinski definition) is 1. The number of nitrogens with zero attached hydrogens (tertiary/aromatic N) is 2. The van der Waals surface area contributed by atoms with E-state index in [0.717, 1.165) is 50.6 Å². The average molecular weight is 291 g/mol. The lowest BCUT2D eigenvalue weighted by molar-refractivity contribution is 0.0928. The van der Waals surface area contributed by atoms with Crippen LogP contribution in [0, 0.1) is 5.92 Å². The van der Waals surface area contributed by atoms with E-state index in [2.05, 4.69) is 29.2 Å². The van der Waals surface area contributed by atoms with Crippen molar-refractivity contribution in [1.29, 1.82) is 0 Å². The van der Waals surface area contributed by atoms with E-state index in [0.29, 0.717) is 11.6 Å². The van der Waals surface area contributed by atoms with Gasteiger partial charge >= 0.3 is 0 Å². The number of carbonyl (C=O) groups excluding carboxylic acids is 1. The fraction of sp³-hybridized carbons (Fsp3) is 0.750. The maximum absolute atomic E-state index is 12.2. The van der Waals surface area contributed by atoms with Crippen molar-refractivity contribution in [3.63, 3.8) is 0 Å². The Hall–Kier alpha value is -1.36. The van der Waals surface area contributed by atoms with Gasteiger partial charge in [0.1, 0.15) is 5.76 Å². The third-order valence-corrected chi connectivity index (χ3v) is 4.37. The van der Waals surface area contributed by atoms with E-state index in [1.807, 2.05) is 0 Å². The summed E-state index contributed by atoms with van der Waals surface area (Å²) in [5, 5.41) is 6.98. The molecule has 0 bridgehead atoms. The highest BCUT2D eigenvalue weighted by Gasteiger charge is 2.30. The highest BCUT2D eigenvalue weighted by atomic mass is 16.5. The Kier molecular flexibility index (Phi) is 4.29. The van der Waals surface area contributed by atoms with Crippen LogP contribution in [-0.4, -0.2) is 41.6 Å². The topological polar surface area (TPSA) is 58.4 Å². The standard InChI is InChI=1S/C16H25N3O2/c1-11(2)5-7-19-8-6-13(10-19)17-16(20)14-9-15(21-18-14)12-3-4-12/h9,11-13H,3-8,10H2,1-2H3,(H,17,20). The van der Waals surface area contributed by atoms with Crippen molar-refractivity contribution < 1.29 is 9.32 Å². The molecular formula is C16H25N3O2. The zero-order valence-electron chi connectivity index (χ0n) is 13.0. The predicted molar refractivity (Wildman–Crippen MR) is 80.2 cm³/mol. The van der Waals surface area contributed by atoms with Gasteiger partial charge in [0.05, 0.1) is 0 Å². The number of aromatic nitrogens is 1. The largest absolute Gasteiger partial charge is 0.360 e. The van der Waals surface area contributed by atoms with Crippen molar-refractivity contribution in [3.8, 4) is 0 Å². The van der Waals surface area contributed by atoms with Gasteiger partial charge in [-0.25, -0.2) is 0 Å². The minimum Gasteiger partial charge on any atom is -0.360 e. The first kappa shape index (κ1) is 14.6. The molecule has 5 nitrogen and oxygen atoms in total. The lowest BCUT2D eigenvalue weighted by atomic mass is 10.1. The van der Waals surface area contributed by atoms with E-state index in [4.69, 9.17) is 4.52 Å². The zero-order valence-corrected chi connectivity index (χ0v) is 13.0. The predicted octanol–water partition coefficient (Wildman–Crippen LogP) is 2.40. The van der Waals surface area contributed by atoms with Crippen LogP contribution in [0.5, 0.6) is 0 Å². The van der Waals surface area contributed by atoms with Crippen LogP contribution in [0.4, 0.5) is 0 Å². The molecule has 3 rings (SSSR count). The summed E-state index contributed by atoms with van der Waals surface area (Å²) in [4.78, 5) is 14.6. The fourth-order valence-electron chi connectivity index (χ4n) is 2.81. The second kappa shape index (κ2) is 6.18. The Morgan fingerprint density at radius 2 is 2.29 bits per heavy atom. The van der Waals surface area contributed by atoms with Crippen molar-refractivity contribution in [1.82, 2.24) is 15.4 Å². The molecule has 5 heteroatoms. The van der Waals surface area contributed by atoms with E-state index >= 15 is 0 Å². The fourth-order valence-corrected chi connectivity index (χ4v) is 2.81. The molecule has 0 radical (unpaired) electrons. The SMILES string of the molecule is CC(C)CCN1CCC(NC(=O)c2cc(C3CC3)on2)C1. The number of rotatable bonds is 6. The lowest BCUT2D eigenvalue weighted by Gasteiger charge is -2.17. The monoisotopic (exact) mass is 291 g/mol. The molecule has 1 unspecified atom stereocenters. The molecule has 2 fully saturated rings. The van der Waals surface area contributed by atoms with E-state index in [1.165, 1.54) is 6.42 Å². The highest BCUT2D eigenvalue weighted by molar-refractivity contribution is 5.92. The maximum Gasteiger partial charge on any atom is 0.273 e. The molecule has 2 heterocycles. The summed E-state index contributed by atoms with van der Waals surface area (Å²) >= 11 is 0. The van der Waals surface area contributed by atoms with Crippen LogP contribution < -0.4 is 5.32 Å². The molecule has 1 atom stereocenters. The molecule has 116 valence electrons. The number of amides is 1. The quantitative estimate of drug-likeness (QED) is 0.874. The molecule has 1 saturated carbocycles. The van der Waals surface area contributed by atoms with Crippen molar-refractivity contribution in [3.05, 3.63) is 17.5 Å². The Morgan fingerprint density at radius 1 is 1.48 bits per heavy atom. The van der Waals surface area contributed by atoms with Crippen LogP contribution in [0.1, 0.15) is 61.7 Å². The first-order valence-corrected chi connectivity index (χ1v) is 8.11. The molecule has 1 aromatic rings. The Balaban J connectivity index is 1.46. The molecular weight excluding hydrogens is 266 g/mol. The molecule has 1 N–H and O–H groups in total. The van der Waals surface area contributed by atoms with Gasteiger partial charge in [0.2, 0.25) is 0 Å². The molecule has 21 heavy (non-hydrogen) atoms. The summed E-state index contributed by atoms with van der Waals surface area (Å²) in [6.07, 6.45) is 4.55. The van der Waals surface area contributed by atoms with Gasteiger partial charge in [0.15, 0.2) is 5.69 Å². The summed E-state index contributed by atoms with van der Waals surface area (Å²) in [6, 6.07) is 2.05. The minimum atomic E-state index is -0.0960.